The third kappa shape index (κ3) is 2.92. The molecular weight excluding hydrogens is 244 g/mol. The number of hydrogen-bond acceptors (Lipinski definition) is 2. The molecule has 2 aromatic rings. The third-order valence-corrected chi connectivity index (χ3v) is 4.37. The molecule has 0 radical (unpaired) electrons. The maximum Gasteiger partial charge on any atom is 0.0285 e. The zero-order valence-corrected chi connectivity index (χ0v) is 11.9. The van der Waals surface area contributed by atoms with Crippen LogP contribution in [-0.2, 0) is 6.42 Å². The third-order valence-electron chi connectivity index (χ3n) is 4.37. The van der Waals surface area contributed by atoms with Crippen LogP contribution in [-0.4, -0.2) is 6.04 Å². The summed E-state index contributed by atoms with van der Waals surface area (Å²) >= 11 is 0. The summed E-state index contributed by atoms with van der Waals surface area (Å²) in [6.07, 6.45) is 2.25. The Morgan fingerprint density at radius 1 is 1.10 bits per heavy atom. The van der Waals surface area contributed by atoms with Gasteiger partial charge in [-0.3, -0.25) is 11.3 Å². The number of rotatable bonds is 5. The summed E-state index contributed by atoms with van der Waals surface area (Å²) in [5, 5.41) is 0. The van der Waals surface area contributed by atoms with Crippen LogP contribution in [0.4, 0.5) is 0 Å². The summed E-state index contributed by atoms with van der Waals surface area (Å²) in [6, 6.07) is 19.9. The summed E-state index contributed by atoms with van der Waals surface area (Å²) in [5.41, 5.74) is 7.14. The van der Waals surface area contributed by atoms with Gasteiger partial charge in [0.05, 0.1) is 0 Å². The largest absolute Gasteiger partial charge is 0.271 e. The van der Waals surface area contributed by atoms with E-state index in [4.69, 9.17) is 5.84 Å². The van der Waals surface area contributed by atoms with Gasteiger partial charge in [-0.25, -0.2) is 0 Å². The van der Waals surface area contributed by atoms with Gasteiger partial charge < -0.3 is 0 Å². The van der Waals surface area contributed by atoms with Crippen molar-refractivity contribution in [3.63, 3.8) is 0 Å². The van der Waals surface area contributed by atoms with Gasteiger partial charge in [0.15, 0.2) is 0 Å². The van der Waals surface area contributed by atoms with E-state index in [0.717, 1.165) is 6.42 Å². The first-order valence-corrected chi connectivity index (χ1v) is 7.34. The predicted octanol–water partition coefficient (Wildman–Crippen LogP) is 3.17. The van der Waals surface area contributed by atoms with E-state index in [0.29, 0.717) is 17.9 Å². The predicted molar refractivity (Wildman–Crippen MR) is 83.3 cm³/mol. The van der Waals surface area contributed by atoms with Crippen molar-refractivity contribution >= 4 is 0 Å². The van der Waals surface area contributed by atoms with Gasteiger partial charge in [-0.2, -0.15) is 0 Å². The Kier molecular flexibility index (Phi) is 3.86. The summed E-state index contributed by atoms with van der Waals surface area (Å²) in [4.78, 5) is 0. The molecule has 2 nitrogen and oxygen atoms in total. The number of nitrogens with one attached hydrogen (secondary N) is 1. The van der Waals surface area contributed by atoms with E-state index in [1.807, 2.05) is 0 Å². The lowest BCUT2D eigenvalue weighted by Crippen LogP contribution is -2.38. The van der Waals surface area contributed by atoms with Crippen molar-refractivity contribution in [2.45, 2.75) is 31.7 Å². The minimum atomic E-state index is 0.364. The minimum Gasteiger partial charge on any atom is -0.271 e. The lowest BCUT2D eigenvalue weighted by Gasteiger charge is -2.16. The Morgan fingerprint density at radius 3 is 2.45 bits per heavy atom. The maximum atomic E-state index is 5.78. The second kappa shape index (κ2) is 5.78. The molecule has 0 amide bonds. The number of aryl methyl sites for hydroxylation is 1. The van der Waals surface area contributed by atoms with Crippen molar-refractivity contribution in [1.29, 1.82) is 0 Å². The van der Waals surface area contributed by atoms with Crippen LogP contribution in [0.5, 0.6) is 0 Å². The highest BCUT2D eigenvalue weighted by atomic mass is 15.2. The molecule has 1 aliphatic rings. The topological polar surface area (TPSA) is 38.0 Å². The van der Waals surface area contributed by atoms with Crippen molar-refractivity contribution in [2.75, 3.05) is 0 Å². The van der Waals surface area contributed by atoms with E-state index in [9.17, 15) is 0 Å². The van der Waals surface area contributed by atoms with E-state index in [-0.39, 0.29) is 0 Å². The van der Waals surface area contributed by atoms with Gasteiger partial charge in [0.2, 0.25) is 0 Å². The SMILES string of the molecule is Cc1ccc(CC(NN)C2CC2c2ccccc2)cc1. The van der Waals surface area contributed by atoms with E-state index in [2.05, 4.69) is 66.9 Å². The van der Waals surface area contributed by atoms with Crippen LogP contribution in [0.25, 0.3) is 0 Å². The normalized spacial score (nSPS) is 22.5. The number of hydrogen-bond donors (Lipinski definition) is 2. The van der Waals surface area contributed by atoms with Crippen LogP contribution in [0.1, 0.15) is 29.0 Å². The van der Waals surface area contributed by atoms with Gasteiger partial charge in [-0.05, 0) is 42.7 Å². The Morgan fingerprint density at radius 2 is 1.80 bits per heavy atom. The first kappa shape index (κ1) is 13.3. The van der Waals surface area contributed by atoms with Crippen LogP contribution in [0, 0.1) is 12.8 Å². The van der Waals surface area contributed by atoms with Crippen molar-refractivity contribution in [2.24, 2.45) is 11.8 Å². The molecule has 3 N–H and O–H groups in total. The quantitative estimate of drug-likeness (QED) is 0.644. The molecule has 3 rings (SSSR count). The molecule has 0 heterocycles. The number of hydrazine groups is 1. The van der Waals surface area contributed by atoms with Gasteiger partial charge in [-0.15, -0.1) is 0 Å². The molecule has 3 unspecified atom stereocenters. The van der Waals surface area contributed by atoms with Crippen LogP contribution in [0.15, 0.2) is 54.6 Å². The van der Waals surface area contributed by atoms with Crippen molar-refractivity contribution in [3.8, 4) is 0 Å². The summed E-state index contributed by atoms with van der Waals surface area (Å²) < 4.78 is 0. The highest BCUT2D eigenvalue weighted by Crippen LogP contribution is 2.49. The summed E-state index contributed by atoms with van der Waals surface area (Å²) in [7, 11) is 0. The standard InChI is InChI=1S/C18H22N2/c1-13-7-9-14(10-8-13)11-18(20-19)17-12-16(17)15-5-3-2-4-6-15/h2-10,16-18,20H,11-12,19H2,1H3. The van der Waals surface area contributed by atoms with E-state index in [1.54, 1.807) is 0 Å². The van der Waals surface area contributed by atoms with Crippen molar-refractivity contribution in [1.82, 2.24) is 5.43 Å². The Bertz CT molecular complexity index is 547. The second-order valence-electron chi connectivity index (χ2n) is 5.88. The molecule has 1 aliphatic carbocycles. The van der Waals surface area contributed by atoms with Crippen molar-refractivity contribution < 1.29 is 0 Å². The minimum absolute atomic E-state index is 0.364. The maximum absolute atomic E-state index is 5.78. The van der Waals surface area contributed by atoms with Crippen LogP contribution < -0.4 is 11.3 Å². The molecule has 0 saturated heterocycles. The van der Waals surface area contributed by atoms with Crippen LogP contribution in [0.3, 0.4) is 0 Å². The van der Waals surface area contributed by atoms with E-state index in [1.165, 1.54) is 23.1 Å². The fourth-order valence-electron chi connectivity index (χ4n) is 3.05. The Balaban J connectivity index is 1.65. The zero-order chi connectivity index (χ0) is 13.9. The van der Waals surface area contributed by atoms with E-state index >= 15 is 0 Å². The molecule has 1 saturated carbocycles. The Hall–Kier alpha value is -1.64. The fourth-order valence-corrected chi connectivity index (χ4v) is 3.05. The molecule has 0 aliphatic heterocycles. The molecule has 3 atom stereocenters. The number of benzene rings is 2. The summed E-state index contributed by atoms with van der Waals surface area (Å²) in [6.45, 7) is 2.12. The highest BCUT2D eigenvalue weighted by molar-refractivity contribution is 5.28. The lowest BCUT2D eigenvalue weighted by molar-refractivity contribution is 0.464. The average molecular weight is 266 g/mol. The Labute approximate surface area is 121 Å². The molecule has 1 fully saturated rings. The van der Waals surface area contributed by atoms with Gasteiger partial charge in [0.1, 0.15) is 0 Å². The summed E-state index contributed by atoms with van der Waals surface area (Å²) in [5.74, 6) is 7.11. The number of nitrogens with two attached hydrogens (primary N) is 1. The molecule has 104 valence electrons. The molecule has 2 heteroatoms. The van der Waals surface area contributed by atoms with Crippen LogP contribution in [0.2, 0.25) is 0 Å². The first-order chi connectivity index (χ1) is 9.78. The molecule has 0 aromatic heterocycles. The van der Waals surface area contributed by atoms with Gasteiger partial charge >= 0.3 is 0 Å². The fraction of sp³-hybridized carbons (Fsp3) is 0.333. The van der Waals surface area contributed by atoms with Gasteiger partial charge in [-0.1, -0.05) is 60.2 Å². The molecular formula is C18H22N2. The highest BCUT2D eigenvalue weighted by Gasteiger charge is 2.43. The zero-order valence-electron chi connectivity index (χ0n) is 11.9. The lowest BCUT2D eigenvalue weighted by atomic mass is 9.99. The first-order valence-electron chi connectivity index (χ1n) is 7.34. The van der Waals surface area contributed by atoms with Crippen molar-refractivity contribution in [3.05, 3.63) is 71.3 Å². The monoisotopic (exact) mass is 266 g/mol. The molecule has 20 heavy (non-hydrogen) atoms. The van der Waals surface area contributed by atoms with Crippen LogP contribution >= 0.6 is 0 Å². The van der Waals surface area contributed by atoms with Gasteiger partial charge in [0, 0.05) is 6.04 Å². The van der Waals surface area contributed by atoms with Gasteiger partial charge in [0.25, 0.3) is 0 Å². The molecule has 2 aromatic carbocycles. The average Bonchev–Trinajstić information content (AvgIpc) is 3.28. The van der Waals surface area contributed by atoms with E-state index < -0.39 is 0 Å². The molecule has 0 bridgehead atoms. The molecule has 0 spiro atoms. The smallest absolute Gasteiger partial charge is 0.0285 e. The second-order valence-corrected chi connectivity index (χ2v) is 5.88.